The largest absolute Gasteiger partial charge is 0.399 e. The van der Waals surface area contributed by atoms with Crippen molar-refractivity contribution in [2.24, 2.45) is 0 Å². The standard InChI is InChI=1S/C14H15N3O2/c1-2-17-9-12(6-7-13(17)18)16-14(19)10-4-3-5-11(15)8-10/h3-9H,2,15H2,1H3,(H,16,19). The van der Waals surface area contributed by atoms with Gasteiger partial charge in [-0.2, -0.15) is 0 Å². The predicted molar refractivity (Wildman–Crippen MR) is 75.2 cm³/mol. The molecule has 0 aliphatic heterocycles. The number of rotatable bonds is 3. The lowest BCUT2D eigenvalue weighted by atomic mass is 10.2. The number of amides is 1. The molecule has 2 aromatic rings. The number of nitrogen functional groups attached to an aromatic ring is 1. The summed E-state index contributed by atoms with van der Waals surface area (Å²) in [5.41, 5.74) is 7.13. The average molecular weight is 257 g/mol. The molecule has 1 aromatic heterocycles. The van der Waals surface area contributed by atoms with Crippen molar-refractivity contribution in [2.45, 2.75) is 13.5 Å². The molecule has 19 heavy (non-hydrogen) atoms. The SMILES string of the molecule is CCn1cc(NC(=O)c2cccc(N)c2)ccc1=O. The minimum Gasteiger partial charge on any atom is -0.399 e. The van der Waals surface area contributed by atoms with Crippen molar-refractivity contribution in [3.63, 3.8) is 0 Å². The molecule has 0 aliphatic carbocycles. The summed E-state index contributed by atoms with van der Waals surface area (Å²) in [5.74, 6) is -0.256. The molecule has 1 aromatic carbocycles. The Hall–Kier alpha value is -2.56. The number of nitrogens with zero attached hydrogens (tertiary/aromatic N) is 1. The van der Waals surface area contributed by atoms with Crippen LogP contribution in [0, 0.1) is 0 Å². The van der Waals surface area contributed by atoms with Crippen LogP contribution in [0.1, 0.15) is 17.3 Å². The van der Waals surface area contributed by atoms with Gasteiger partial charge in [0.1, 0.15) is 0 Å². The van der Waals surface area contributed by atoms with E-state index >= 15 is 0 Å². The highest BCUT2D eigenvalue weighted by atomic mass is 16.1. The Balaban J connectivity index is 2.22. The van der Waals surface area contributed by atoms with Crippen LogP contribution in [-0.2, 0) is 6.54 Å². The van der Waals surface area contributed by atoms with Gasteiger partial charge in [-0.3, -0.25) is 9.59 Å². The van der Waals surface area contributed by atoms with E-state index in [-0.39, 0.29) is 11.5 Å². The van der Waals surface area contributed by atoms with E-state index in [4.69, 9.17) is 5.73 Å². The molecule has 0 bridgehead atoms. The number of hydrogen-bond acceptors (Lipinski definition) is 3. The molecule has 0 unspecified atom stereocenters. The first kappa shape index (κ1) is 12.9. The topological polar surface area (TPSA) is 77.1 Å². The van der Waals surface area contributed by atoms with Gasteiger partial charge in [-0.25, -0.2) is 0 Å². The molecule has 0 atom stereocenters. The van der Waals surface area contributed by atoms with E-state index in [2.05, 4.69) is 5.32 Å². The molecule has 0 saturated heterocycles. The molecule has 5 heteroatoms. The van der Waals surface area contributed by atoms with E-state index < -0.39 is 0 Å². The third-order valence-electron chi connectivity index (χ3n) is 2.73. The van der Waals surface area contributed by atoms with Gasteiger partial charge in [-0.15, -0.1) is 0 Å². The molecule has 1 amide bonds. The molecule has 0 radical (unpaired) electrons. The van der Waals surface area contributed by atoms with Crippen molar-refractivity contribution >= 4 is 17.3 Å². The number of carbonyl (C=O) groups is 1. The van der Waals surface area contributed by atoms with Gasteiger partial charge < -0.3 is 15.6 Å². The first-order valence-corrected chi connectivity index (χ1v) is 5.97. The molecule has 0 aliphatic rings. The Bertz CT molecular complexity index is 662. The Morgan fingerprint density at radius 2 is 2.11 bits per heavy atom. The maximum Gasteiger partial charge on any atom is 0.255 e. The van der Waals surface area contributed by atoms with Crippen LogP contribution in [0.3, 0.4) is 0 Å². The van der Waals surface area contributed by atoms with Crippen LogP contribution in [0.15, 0.2) is 47.4 Å². The molecule has 0 spiro atoms. The fourth-order valence-corrected chi connectivity index (χ4v) is 1.74. The fraction of sp³-hybridized carbons (Fsp3) is 0.143. The smallest absolute Gasteiger partial charge is 0.255 e. The second kappa shape index (κ2) is 5.39. The maximum atomic E-state index is 12.0. The van der Waals surface area contributed by atoms with Crippen LogP contribution in [0.5, 0.6) is 0 Å². The van der Waals surface area contributed by atoms with Crippen molar-refractivity contribution < 1.29 is 4.79 Å². The van der Waals surface area contributed by atoms with Crippen molar-refractivity contribution in [2.75, 3.05) is 11.1 Å². The summed E-state index contributed by atoms with van der Waals surface area (Å²) in [6, 6.07) is 9.73. The highest BCUT2D eigenvalue weighted by Gasteiger charge is 2.06. The zero-order valence-electron chi connectivity index (χ0n) is 10.6. The number of anilines is 2. The Morgan fingerprint density at radius 3 is 2.79 bits per heavy atom. The molecule has 2 rings (SSSR count). The summed E-state index contributed by atoms with van der Waals surface area (Å²) in [7, 11) is 0. The third kappa shape index (κ3) is 3.01. The van der Waals surface area contributed by atoms with Crippen LogP contribution in [-0.4, -0.2) is 10.5 Å². The van der Waals surface area contributed by atoms with Gasteiger partial charge in [0.05, 0.1) is 5.69 Å². The highest BCUT2D eigenvalue weighted by molar-refractivity contribution is 6.04. The monoisotopic (exact) mass is 257 g/mol. The first-order chi connectivity index (χ1) is 9.10. The molecule has 98 valence electrons. The van der Waals surface area contributed by atoms with Gasteiger partial charge in [0.2, 0.25) is 0 Å². The van der Waals surface area contributed by atoms with Gasteiger partial charge in [-0.05, 0) is 31.2 Å². The van der Waals surface area contributed by atoms with Crippen molar-refractivity contribution in [1.82, 2.24) is 4.57 Å². The van der Waals surface area contributed by atoms with Crippen LogP contribution < -0.4 is 16.6 Å². The zero-order valence-corrected chi connectivity index (χ0v) is 10.6. The summed E-state index contributed by atoms with van der Waals surface area (Å²) < 4.78 is 1.52. The number of hydrogen-bond donors (Lipinski definition) is 2. The minimum absolute atomic E-state index is 0.0931. The minimum atomic E-state index is -0.256. The van der Waals surface area contributed by atoms with Gasteiger partial charge in [0, 0.05) is 30.1 Å². The quantitative estimate of drug-likeness (QED) is 0.822. The Kier molecular flexibility index (Phi) is 3.66. The number of benzene rings is 1. The van der Waals surface area contributed by atoms with Crippen LogP contribution >= 0.6 is 0 Å². The lowest BCUT2D eigenvalue weighted by Crippen LogP contribution is -2.19. The second-order valence-corrected chi connectivity index (χ2v) is 4.12. The fourth-order valence-electron chi connectivity index (χ4n) is 1.74. The molecule has 0 saturated carbocycles. The number of carbonyl (C=O) groups excluding carboxylic acids is 1. The molecule has 1 heterocycles. The van der Waals surface area contributed by atoms with E-state index in [1.165, 1.54) is 10.6 Å². The van der Waals surface area contributed by atoms with Crippen LogP contribution in [0.25, 0.3) is 0 Å². The average Bonchev–Trinajstić information content (AvgIpc) is 2.41. The van der Waals surface area contributed by atoms with Crippen molar-refractivity contribution in [3.8, 4) is 0 Å². The molecular formula is C14H15N3O2. The van der Waals surface area contributed by atoms with E-state index in [1.54, 1.807) is 36.5 Å². The highest BCUT2D eigenvalue weighted by Crippen LogP contribution is 2.10. The molecular weight excluding hydrogens is 242 g/mol. The van der Waals surface area contributed by atoms with E-state index in [0.717, 1.165) is 0 Å². The Labute approximate surface area is 110 Å². The molecule has 5 nitrogen and oxygen atoms in total. The summed E-state index contributed by atoms with van der Waals surface area (Å²) in [6.07, 6.45) is 1.62. The van der Waals surface area contributed by atoms with Crippen molar-refractivity contribution in [3.05, 3.63) is 58.5 Å². The maximum absolute atomic E-state index is 12.0. The lowest BCUT2D eigenvalue weighted by Gasteiger charge is -2.08. The van der Waals surface area contributed by atoms with Crippen molar-refractivity contribution in [1.29, 1.82) is 0 Å². The molecule has 3 N–H and O–H groups in total. The summed E-state index contributed by atoms with van der Waals surface area (Å²) in [5, 5.41) is 2.73. The van der Waals surface area contributed by atoms with Gasteiger partial charge in [0.25, 0.3) is 11.5 Å². The van der Waals surface area contributed by atoms with Gasteiger partial charge in [0.15, 0.2) is 0 Å². The summed E-state index contributed by atoms with van der Waals surface area (Å²) in [4.78, 5) is 23.4. The zero-order chi connectivity index (χ0) is 13.8. The number of aromatic nitrogens is 1. The number of nitrogens with two attached hydrogens (primary N) is 1. The summed E-state index contributed by atoms with van der Waals surface area (Å²) in [6.45, 7) is 2.42. The van der Waals surface area contributed by atoms with Gasteiger partial charge in [-0.1, -0.05) is 6.07 Å². The summed E-state index contributed by atoms with van der Waals surface area (Å²) >= 11 is 0. The Morgan fingerprint density at radius 1 is 1.32 bits per heavy atom. The number of pyridine rings is 1. The van der Waals surface area contributed by atoms with E-state index in [1.807, 2.05) is 6.92 Å². The number of aryl methyl sites for hydroxylation is 1. The number of nitrogens with one attached hydrogen (secondary N) is 1. The van der Waals surface area contributed by atoms with E-state index in [9.17, 15) is 9.59 Å². The second-order valence-electron chi connectivity index (χ2n) is 4.12. The lowest BCUT2D eigenvalue weighted by molar-refractivity contribution is 0.102. The first-order valence-electron chi connectivity index (χ1n) is 5.97. The van der Waals surface area contributed by atoms with Gasteiger partial charge >= 0.3 is 0 Å². The predicted octanol–water partition coefficient (Wildman–Crippen LogP) is 1.70. The normalized spacial score (nSPS) is 10.2. The molecule has 0 fully saturated rings. The third-order valence-corrected chi connectivity index (χ3v) is 2.73. The van der Waals surface area contributed by atoms with Crippen LogP contribution in [0.4, 0.5) is 11.4 Å². The van der Waals surface area contributed by atoms with E-state index in [0.29, 0.717) is 23.5 Å². The van der Waals surface area contributed by atoms with Crippen LogP contribution in [0.2, 0.25) is 0 Å².